The van der Waals surface area contributed by atoms with Crippen LogP contribution in [-0.4, -0.2) is 23.8 Å². The minimum absolute atomic E-state index is 0.0336. The van der Waals surface area contributed by atoms with Gasteiger partial charge >= 0.3 is 6.03 Å². The zero-order valence-electron chi connectivity index (χ0n) is 11.0. The third kappa shape index (κ3) is 3.61. The number of carbonyl (C=O) groups excluding carboxylic acids is 1. The lowest BCUT2D eigenvalue weighted by Gasteiger charge is -2.30. The summed E-state index contributed by atoms with van der Waals surface area (Å²) in [5.74, 6) is -0.578. The summed E-state index contributed by atoms with van der Waals surface area (Å²) in [7, 11) is 0. The van der Waals surface area contributed by atoms with Crippen LogP contribution in [0.15, 0.2) is 18.2 Å². The molecule has 0 radical (unpaired) electrons. The second kappa shape index (κ2) is 6.90. The minimum atomic E-state index is -0.647. The molecule has 2 unspecified atom stereocenters. The molecule has 1 aliphatic rings. The lowest BCUT2D eigenvalue weighted by molar-refractivity contribution is 0.156. The lowest BCUT2D eigenvalue weighted by Crippen LogP contribution is -2.45. The van der Waals surface area contributed by atoms with Gasteiger partial charge in [-0.15, -0.1) is 0 Å². The van der Waals surface area contributed by atoms with Crippen molar-refractivity contribution in [3.63, 3.8) is 0 Å². The smallest absolute Gasteiger partial charge is 0.319 e. The number of benzene rings is 1. The number of nitrogens with one attached hydrogen (secondary N) is 2. The third-order valence-corrected chi connectivity index (χ3v) is 3.95. The molecule has 2 atom stereocenters. The highest BCUT2D eigenvalue weighted by atomic mass is 35.5. The lowest BCUT2D eigenvalue weighted by atomic mass is 9.85. The van der Waals surface area contributed by atoms with E-state index in [4.69, 9.17) is 11.6 Å². The number of urea groups is 1. The number of rotatable bonds is 3. The second-order valence-electron chi connectivity index (χ2n) is 5.03. The van der Waals surface area contributed by atoms with E-state index in [1.165, 1.54) is 12.1 Å². The van der Waals surface area contributed by atoms with Crippen LogP contribution < -0.4 is 10.6 Å². The average molecular weight is 301 g/mol. The van der Waals surface area contributed by atoms with E-state index < -0.39 is 11.8 Å². The van der Waals surface area contributed by atoms with E-state index in [9.17, 15) is 14.3 Å². The van der Waals surface area contributed by atoms with Gasteiger partial charge in [-0.1, -0.05) is 30.5 Å². The maximum absolute atomic E-state index is 13.7. The summed E-state index contributed by atoms with van der Waals surface area (Å²) in [6.07, 6.45) is 3.81. The Morgan fingerprint density at radius 1 is 1.40 bits per heavy atom. The summed E-state index contributed by atoms with van der Waals surface area (Å²) in [6.45, 7) is 0.0521. The van der Waals surface area contributed by atoms with Crippen molar-refractivity contribution in [2.24, 2.45) is 5.92 Å². The fraction of sp³-hybridized carbons (Fsp3) is 0.500. The Bertz CT molecular complexity index is 484. The highest BCUT2D eigenvalue weighted by molar-refractivity contribution is 6.31. The molecule has 2 rings (SSSR count). The molecule has 0 heterocycles. The van der Waals surface area contributed by atoms with E-state index in [1.807, 2.05) is 0 Å². The molecule has 1 aromatic rings. The summed E-state index contributed by atoms with van der Waals surface area (Å²) >= 11 is 5.66. The Kier molecular flexibility index (Phi) is 5.20. The molecule has 3 N–H and O–H groups in total. The number of hydrogen-bond donors (Lipinski definition) is 3. The Labute approximate surface area is 122 Å². The van der Waals surface area contributed by atoms with E-state index in [1.54, 1.807) is 6.07 Å². The fourth-order valence-electron chi connectivity index (χ4n) is 2.54. The largest absolute Gasteiger partial charge is 0.396 e. The van der Waals surface area contributed by atoms with Gasteiger partial charge in [-0.2, -0.15) is 0 Å². The number of anilines is 1. The van der Waals surface area contributed by atoms with Gasteiger partial charge in [0.05, 0.1) is 10.7 Å². The van der Waals surface area contributed by atoms with E-state index in [2.05, 4.69) is 10.6 Å². The molecule has 0 aromatic heterocycles. The van der Waals surface area contributed by atoms with E-state index >= 15 is 0 Å². The molecule has 110 valence electrons. The SMILES string of the molecule is O=C(Nc1cccc(Cl)c1F)NC1CCCCC1CO. The fourth-order valence-corrected chi connectivity index (χ4v) is 2.72. The van der Waals surface area contributed by atoms with Crippen molar-refractivity contribution in [1.82, 2.24) is 5.32 Å². The van der Waals surface area contributed by atoms with Crippen LogP contribution in [0.3, 0.4) is 0 Å². The number of carbonyl (C=O) groups is 1. The van der Waals surface area contributed by atoms with Crippen LogP contribution in [0.5, 0.6) is 0 Å². The predicted molar refractivity (Wildman–Crippen MR) is 76.4 cm³/mol. The Balaban J connectivity index is 1.96. The van der Waals surface area contributed by atoms with Gasteiger partial charge in [0.2, 0.25) is 0 Å². The molecule has 0 spiro atoms. The van der Waals surface area contributed by atoms with Crippen molar-refractivity contribution >= 4 is 23.3 Å². The number of aliphatic hydroxyl groups excluding tert-OH is 1. The molecule has 1 saturated carbocycles. The highest BCUT2D eigenvalue weighted by Gasteiger charge is 2.26. The molecule has 0 bridgehead atoms. The van der Waals surface area contributed by atoms with Crippen molar-refractivity contribution in [1.29, 1.82) is 0 Å². The maximum Gasteiger partial charge on any atom is 0.319 e. The summed E-state index contributed by atoms with van der Waals surface area (Å²) in [4.78, 5) is 11.9. The van der Waals surface area contributed by atoms with Gasteiger partial charge in [0, 0.05) is 18.6 Å². The van der Waals surface area contributed by atoms with Crippen molar-refractivity contribution in [2.75, 3.05) is 11.9 Å². The molecule has 20 heavy (non-hydrogen) atoms. The Morgan fingerprint density at radius 3 is 2.90 bits per heavy atom. The number of halogens is 2. The number of amides is 2. The summed E-state index contributed by atoms with van der Waals surface area (Å²) in [5, 5.41) is 14.5. The van der Waals surface area contributed by atoms with Crippen LogP contribution in [0.4, 0.5) is 14.9 Å². The molecule has 0 aliphatic heterocycles. The van der Waals surface area contributed by atoms with Crippen molar-refractivity contribution < 1.29 is 14.3 Å². The van der Waals surface area contributed by atoms with Crippen LogP contribution in [0.1, 0.15) is 25.7 Å². The molecule has 6 heteroatoms. The Hall–Kier alpha value is -1.33. The number of hydrogen-bond acceptors (Lipinski definition) is 2. The zero-order chi connectivity index (χ0) is 14.5. The zero-order valence-corrected chi connectivity index (χ0v) is 11.8. The molecular weight excluding hydrogens is 283 g/mol. The third-order valence-electron chi connectivity index (χ3n) is 3.66. The summed E-state index contributed by atoms with van der Waals surface area (Å²) in [5.41, 5.74) is 0.0476. The molecule has 2 amide bonds. The van der Waals surface area contributed by atoms with Crippen LogP contribution in [0.2, 0.25) is 5.02 Å². The molecule has 1 aliphatic carbocycles. The van der Waals surface area contributed by atoms with Crippen molar-refractivity contribution in [2.45, 2.75) is 31.7 Å². The maximum atomic E-state index is 13.7. The van der Waals surface area contributed by atoms with Crippen LogP contribution >= 0.6 is 11.6 Å². The normalized spacial score (nSPS) is 22.4. The first-order valence-electron chi connectivity index (χ1n) is 6.74. The first-order valence-corrected chi connectivity index (χ1v) is 7.12. The van der Waals surface area contributed by atoms with Crippen LogP contribution in [-0.2, 0) is 0 Å². The van der Waals surface area contributed by atoms with E-state index in [0.29, 0.717) is 0 Å². The first-order chi connectivity index (χ1) is 9.61. The average Bonchev–Trinajstić information content (AvgIpc) is 2.44. The topological polar surface area (TPSA) is 61.4 Å². The predicted octanol–water partition coefficient (Wildman–Crippen LogP) is 3.15. The van der Waals surface area contributed by atoms with Crippen LogP contribution in [0.25, 0.3) is 0 Å². The minimum Gasteiger partial charge on any atom is -0.396 e. The summed E-state index contributed by atoms with van der Waals surface area (Å²) < 4.78 is 13.7. The monoisotopic (exact) mass is 300 g/mol. The standard InChI is InChI=1S/C14H18ClFN2O2/c15-10-5-3-7-12(13(10)16)18-14(20)17-11-6-2-1-4-9(11)8-19/h3,5,7,9,11,19H,1-2,4,6,8H2,(H2,17,18,20). The summed E-state index contributed by atoms with van der Waals surface area (Å²) in [6, 6.07) is 3.89. The molecule has 0 saturated heterocycles. The van der Waals surface area contributed by atoms with Gasteiger partial charge in [0.15, 0.2) is 5.82 Å². The first kappa shape index (κ1) is 15.1. The molecule has 1 aromatic carbocycles. The van der Waals surface area contributed by atoms with Gasteiger partial charge in [-0.25, -0.2) is 9.18 Å². The molecular formula is C14H18ClFN2O2. The second-order valence-corrected chi connectivity index (χ2v) is 5.44. The van der Waals surface area contributed by atoms with Crippen molar-refractivity contribution in [3.8, 4) is 0 Å². The number of aliphatic hydroxyl groups is 1. The van der Waals surface area contributed by atoms with Gasteiger partial charge in [-0.05, 0) is 25.0 Å². The van der Waals surface area contributed by atoms with E-state index in [0.717, 1.165) is 25.7 Å². The van der Waals surface area contributed by atoms with Gasteiger partial charge in [0.1, 0.15) is 0 Å². The van der Waals surface area contributed by atoms with Crippen LogP contribution in [0, 0.1) is 11.7 Å². The molecule has 4 nitrogen and oxygen atoms in total. The molecule has 1 fully saturated rings. The van der Waals surface area contributed by atoms with Gasteiger partial charge < -0.3 is 15.7 Å². The Morgan fingerprint density at radius 2 is 2.15 bits per heavy atom. The van der Waals surface area contributed by atoms with E-state index in [-0.39, 0.29) is 29.3 Å². The quantitative estimate of drug-likeness (QED) is 0.803. The van der Waals surface area contributed by atoms with Crippen molar-refractivity contribution in [3.05, 3.63) is 29.0 Å². The van der Waals surface area contributed by atoms with Gasteiger partial charge in [0.25, 0.3) is 0 Å². The van der Waals surface area contributed by atoms with Gasteiger partial charge in [-0.3, -0.25) is 0 Å². The highest BCUT2D eigenvalue weighted by Crippen LogP contribution is 2.25.